The first kappa shape index (κ1) is 21.3. The minimum atomic E-state index is -1.06. The maximum atomic E-state index is 13.3. The molecule has 1 fully saturated rings. The Balaban J connectivity index is 1.94. The normalized spacial score (nSPS) is 17.7. The van der Waals surface area contributed by atoms with Crippen LogP contribution in [0.2, 0.25) is 0 Å². The summed E-state index contributed by atoms with van der Waals surface area (Å²) in [5, 5.41) is 11.2. The van der Waals surface area contributed by atoms with E-state index in [1.165, 1.54) is 32.1 Å². The molecule has 0 unspecified atom stereocenters. The van der Waals surface area contributed by atoms with Crippen LogP contribution in [0.5, 0.6) is 0 Å². The van der Waals surface area contributed by atoms with Crippen molar-refractivity contribution in [3.05, 3.63) is 30.0 Å². The highest BCUT2D eigenvalue weighted by molar-refractivity contribution is 6.07. The van der Waals surface area contributed by atoms with Gasteiger partial charge in [-0.2, -0.15) is 5.10 Å². The van der Waals surface area contributed by atoms with Crippen molar-refractivity contribution in [1.82, 2.24) is 20.4 Å². The molecule has 1 aliphatic rings. The van der Waals surface area contributed by atoms with Crippen molar-refractivity contribution in [3.63, 3.8) is 0 Å². The zero-order chi connectivity index (χ0) is 21.2. The number of fused-ring (bicyclic) bond motifs is 1. The van der Waals surface area contributed by atoms with Gasteiger partial charge in [0.15, 0.2) is 5.69 Å². The summed E-state index contributed by atoms with van der Waals surface area (Å²) in [6, 6.07) is 7.85. The van der Waals surface area contributed by atoms with Crippen molar-refractivity contribution in [1.29, 1.82) is 0 Å². The highest BCUT2D eigenvalue weighted by atomic mass is 16.2. The van der Waals surface area contributed by atoms with E-state index in [-0.39, 0.29) is 11.8 Å². The third-order valence-corrected chi connectivity index (χ3v) is 6.57. The number of carbonyl (C=O) groups excluding carboxylic acids is 2. The van der Waals surface area contributed by atoms with E-state index < -0.39 is 11.0 Å². The lowest BCUT2D eigenvalue weighted by Crippen LogP contribution is -2.63. The summed E-state index contributed by atoms with van der Waals surface area (Å²) in [7, 11) is 1.59. The number of aromatic nitrogens is 2. The van der Waals surface area contributed by atoms with Crippen molar-refractivity contribution in [2.45, 2.75) is 71.9 Å². The number of nitrogens with zero attached hydrogens (tertiary/aromatic N) is 2. The van der Waals surface area contributed by atoms with Crippen LogP contribution in [0, 0.1) is 11.3 Å². The summed E-state index contributed by atoms with van der Waals surface area (Å²) in [5.74, 6) is 0.0718. The summed E-state index contributed by atoms with van der Waals surface area (Å²) in [6.45, 7) is 8.44. The zero-order valence-corrected chi connectivity index (χ0v) is 18.3. The minimum Gasteiger partial charge on any atom is -0.357 e. The second-order valence-corrected chi connectivity index (χ2v) is 9.46. The first-order valence-electron chi connectivity index (χ1n) is 10.7. The van der Waals surface area contributed by atoms with Gasteiger partial charge in [0.2, 0.25) is 5.91 Å². The van der Waals surface area contributed by atoms with Gasteiger partial charge in [0.05, 0.1) is 5.52 Å². The van der Waals surface area contributed by atoms with E-state index in [2.05, 4.69) is 10.6 Å². The summed E-state index contributed by atoms with van der Waals surface area (Å²) < 4.78 is 1.98. The third kappa shape index (κ3) is 4.16. The Labute approximate surface area is 173 Å². The van der Waals surface area contributed by atoms with Crippen molar-refractivity contribution >= 4 is 22.7 Å². The average Bonchev–Trinajstić information content (AvgIpc) is 3.06. The minimum absolute atomic E-state index is 0.218. The van der Waals surface area contributed by atoms with Gasteiger partial charge < -0.3 is 10.6 Å². The summed E-state index contributed by atoms with van der Waals surface area (Å²) in [4.78, 5) is 25.9. The van der Waals surface area contributed by atoms with E-state index in [1.807, 2.05) is 49.7 Å². The number of hydrogen-bond donors (Lipinski definition) is 2. The number of carbonyl (C=O) groups is 2. The van der Waals surface area contributed by atoms with E-state index >= 15 is 0 Å². The molecule has 1 aromatic heterocycles. The second kappa shape index (κ2) is 8.17. The van der Waals surface area contributed by atoms with Crippen LogP contribution in [-0.4, -0.2) is 34.2 Å². The fourth-order valence-corrected chi connectivity index (χ4v) is 4.17. The van der Waals surface area contributed by atoms with Crippen molar-refractivity contribution < 1.29 is 9.59 Å². The lowest BCUT2D eigenvalue weighted by Gasteiger charge is -2.40. The molecule has 0 radical (unpaired) electrons. The Hall–Kier alpha value is -2.37. The highest BCUT2D eigenvalue weighted by Gasteiger charge is 2.45. The Kier molecular flexibility index (Phi) is 6.01. The fraction of sp³-hybridized carbons (Fsp3) is 0.609. The first-order valence-corrected chi connectivity index (χ1v) is 10.7. The van der Waals surface area contributed by atoms with Gasteiger partial charge in [-0.15, -0.1) is 0 Å². The molecule has 0 spiro atoms. The third-order valence-electron chi connectivity index (χ3n) is 6.57. The molecule has 2 amide bonds. The van der Waals surface area contributed by atoms with E-state index in [1.54, 1.807) is 14.0 Å². The zero-order valence-electron chi connectivity index (χ0n) is 18.3. The topological polar surface area (TPSA) is 76.0 Å². The lowest BCUT2D eigenvalue weighted by atomic mass is 9.74. The van der Waals surface area contributed by atoms with Gasteiger partial charge in [-0.25, -0.2) is 0 Å². The predicted molar refractivity (Wildman–Crippen MR) is 116 cm³/mol. The molecule has 1 aliphatic carbocycles. The molecule has 0 bridgehead atoms. The molecule has 1 heterocycles. The van der Waals surface area contributed by atoms with Gasteiger partial charge in [0.1, 0.15) is 5.54 Å². The number of para-hydroxylation sites is 1. The maximum absolute atomic E-state index is 13.3. The Bertz CT molecular complexity index is 890. The van der Waals surface area contributed by atoms with Gasteiger partial charge in [0.25, 0.3) is 5.91 Å². The smallest absolute Gasteiger partial charge is 0.273 e. The van der Waals surface area contributed by atoms with Gasteiger partial charge >= 0.3 is 0 Å². The van der Waals surface area contributed by atoms with Gasteiger partial charge in [-0.1, -0.05) is 58.2 Å². The van der Waals surface area contributed by atoms with Crippen LogP contribution in [0.25, 0.3) is 10.9 Å². The maximum Gasteiger partial charge on any atom is 0.273 e. The molecule has 1 aromatic carbocycles. The standard InChI is InChI=1S/C23H34N4O2/c1-22(2,3)23(4,21(29)24-5)25-20(28)19-17-13-9-10-14-18(17)27(26-19)15-16-11-7-6-8-12-16/h9-10,13-14,16H,6-8,11-12,15H2,1-5H3,(H,24,29)(H,25,28)/t23-/m1/s1. The van der Waals surface area contributed by atoms with Crippen molar-refractivity contribution in [2.75, 3.05) is 7.05 Å². The predicted octanol–water partition coefficient (Wildman–Crippen LogP) is 3.90. The van der Waals surface area contributed by atoms with Crippen LogP contribution in [0.15, 0.2) is 24.3 Å². The van der Waals surface area contributed by atoms with Gasteiger partial charge in [-0.05, 0) is 37.2 Å². The van der Waals surface area contributed by atoms with Crippen LogP contribution in [-0.2, 0) is 11.3 Å². The van der Waals surface area contributed by atoms with E-state index in [4.69, 9.17) is 5.10 Å². The van der Waals surface area contributed by atoms with Crippen LogP contribution < -0.4 is 10.6 Å². The number of benzene rings is 1. The molecular formula is C23H34N4O2. The van der Waals surface area contributed by atoms with Crippen molar-refractivity contribution in [3.8, 4) is 0 Å². The molecule has 0 aliphatic heterocycles. The molecule has 3 rings (SSSR count). The van der Waals surface area contributed by atoms with Crippen LogP contribution in [0.3, 0.4) is 0 Å². The Morgan fingerprint density at radius 1 is 1.10 bits per heavy atom. The highest BCUT2D eigenvalue weighted by Crippen LogP contribution is 2.32. The molecule has 2 N–H and O–H groups in total. The summed E-state index contributed by atoms with van der Waals surface area (Å²) >= 11 is 0. The van der Waals surface area contributed by atoms with Crippen LogP contribution in [0.1, 0.15) is 70.3 Å². The molecule has 29 heavy (non-hydrogen) atoms. The second-order valence-electron chi connectivity index (χ2n) is 9.46. The first-order chi connectivity index (χ1) is 13.7. The number of hydrogen-bond acceptors (Lipinski definition) is 3. The summed E-state index contributed by atoms with van der Waals surface area (Å²) in [5.41, 5.74) is -0.174. The number of nitrogens with one attached hydrogen (secondary N) is 2. The van der Waals surface area contributed by atoms with Crippen LogP contribution in [0.4, 0.5) is 0 Å². The largest absolute Gasteiger partial charge is 0.357 e. The SMILES string of the molecule is CNC(=O)[C@@](C)(NC(=O)c1nn(CC2CCCCC2)c2ccccc12)C(C)(C)C. The molecule has 6 heteroatoms. The fourth-order valence-electron chi connectivity index (χ4n) is 4.17. The number of rotatable bonds is 5. The average molecular weight is 399 g/mol. The van der Waals surface area contributed by atoms with E-state index in [9.17, 15) is 9.59 Å². The molecule has 0 saturated heterocycles. The molecule has 1 atom stereocenters. The molecule has 2 aromatic rings. The van der Waals surface area contributed by atoms with Gasteiger partial charge in [-0.3, -0.25) is 14.3 Å². The number of likely N-dealkylation sites (N-methyl/N-ethyl adjacent to an activating group) is 1. The molecule has 6 nitrogen and oxygen atoms in total. The van der Waals surface area contributed by atoms with Crippen molar-refractivity contribution in [2.24, 2.45) is 11.3 Å². The molecule has 158 valence electrons. The Morgan fingerprint density at radius 2 is 1.76 bits per heavy atom. The van der Waals surface area contributed by atoms with Gasteiger partial charge in [0, 0.05) is 19.0 Å². The van der Waals surface area contributed by atoms with E-state index in [0.717, 1.165) is 17.4 Å². The van der Waals surface area contributed by atoms with Crippen LogP contribution >= 0.6 is 0 Å². The molecule has 1 saturated carbocycles. The number of amides is 2. The summed E-state index contributed by atoms with van der Waals surface area (Å²) in [6.07, 6.45) is 6.29. The Morgan fingerprint density at radius 3 is 2.38 bits per heavy atom. The lowest BCUT2D eigenvalue weighted by molar-refractivity contribution is -0.130. The monoisotopic (exact) mass is 398 g/mol. The van der Waals surface area contributed by atoms with E-state index in [0.29, 0.717) is 11.6 Å². The molecular weight excluding hydrogens is 364 g/mol. The quantitative estimate of drug-likeness (QED) is 0.802.